The number of rotatable bonds is 3. The summed E-state index contributed by atoms with van der Waals surface area (Å²) in [6.45, 7) is 0. The quantitative estimate of drug-likeness (QED) is 0.333. The lowest BCUT2D eigenvalue weighted by molar-refractivity contribution is 0.318. The van der Waals surface area contributed by atoms with Crippen molar-refractivity contribution < 1.29 is 5.21 Å². The lowest BCUT2D eigenvalue weighted by Gasteiger charge is -2.10. The summed E-state index contributed by atoms with van der Waals surface area (Å²) in [5.74, 6) is 0.891. The van der Waals surface area contributed by atoms with Crippen LogP contribution in [-0.4, -0.2) is 29.9 Å². The molecular weight excluding hydrogens is 388 g/mol. The summed E-state index contributed by atoms with van der Waals surface area (Å²) in [5.41, 5.74) is 7.81. The number of imidazole rings is 1. The number of oxime groups is 1. The smallest absolute Gasteiger partial charge is 0.157 e. The van der Waals surface area contributed by atoms with Gasteiger partial charge in [0, 0.05) is 53.4 Å². The molecule has 7 heteroatoms. The highest BCUT2D eigenvalue weighted by Gasteiger charge is 2.21. The molecule has 0 fully saturated rings. The van der Waals surface area contributed by atoms with Crippen LogP contribution in [0.25, 0.3) is 27.8 Å². The molecule has 3 heterocycles. The number of fused-ring (bicyclic) bond motifs is 3. The first-order chi connectivity index (χ1) is 15.2. The van der Waals surface area contributed by atoms with Crippen LogP contribution < -0.4 is 5.32 Å². The topological polar surface area (TPSA) is 79.7 Å². The molecule has 2 N–H and O–H groups in total. The van der Waals surface area contributed by atoms with E-state index in [0.717, 1.165) is 63.4 Å². The van der Waals surface area contributed by atoms with Gasteiger partial charge in [0.1, 0.15) is 11.5 Å². The number of hydrogen-bond donors (Lipinski definition) is 2. The van der Waals surface area contributed by atoms with Crippen LogP contribution in [0.1, 0.15) is 17.5 Å². The van der Waals surface area contributed by atoms with Crippen LogP contribution in [0.2, 0.25) is 0 Å². The lowest BCUT2D eigenvalue weighted by Crippen LogP contribution is -1.99. The average Bonchev–Trinajstić information content (AvgIpc) is 3.47. The van der Waals surface area contributed by atoms with E-state index in [1.165, 1.54) is 5.56 Å². The molecular formula is C24H20N6O. The molecule has 3 aromatic heterocycles. The molecule has 0 atom stereocenters. The molecule has 5 aromatic rings. The van der Waals surface area contributed by atoms with E-state index >= 15 is 0 Å². The van der Waals surface area contributed by atoms with E-state index in [4.69, 9.17) is 4.98 Å². The van der Waals surface area contributed by atoms with Gasteiger partial charge in [-0.15, -0.1) is 0 Å². The molecule has 0 aliphatic heterocycles. The summed E-state index contributed by atoms with van der Waals surface area (Å²) >= 11 is 0. The monoisotopic (exact) mass is 408 g/mol. The van der Waals surface area contributed by atoms with Gasteiger partial charge in [0.2, 0.25) is 0 Å². The zero-order valence-corrected chi connectivity index (χ0v) is 16.9. The van der Waals surface area contributed by atoms with Crippen LogP contribution in [0.15, 0.2) is 72.4 Å². The van der Waals surface area contributed by atoms with Crippen LogP contribution in [-0.2, 0) is 13.5 Å². The molecule has 0 saturated heterocycles. The van der Waals surface area contributed by atoms with Crippen LogP contribution in [0.4, 0.5) is 11.5 Å². The third kappa shape index (κ3) is 2.70. The molecule has 0 spiro atoms. The Morgan fingerprint density at radius 3 is 2.90 bits per heavy atom. The number of hydrogen-bond acceptors (Lipinski definition) is 5. The van der Waals surface area contributed by atoms with Crippen molar-refractivity contribution in [3.8, 4) is 11.3 Å². The highest BCUT2D eigenvalue weighted by molar-refractivity contribution is 6.04. The molecule has 0 radical (unpaired) electrons. The second kappa shape index (κ2) is 6.70. The van der Waals surface area contributed by atoms with Crippen molar-refractivity contribution in [1.82, 2.24) is 18.9 Å². The minimum absolute atomic E-state index is 0.749. The van der Waals surface area contributed by atoms with Crippen LogP contribution in [0, 0.1) is 0 Å². The highest BCUT2D eigenvalue weighted by atomic mass is 16.4. The number of nitrogens with one attached hydrogen (secondary N) is 1. The molecule has 0 saturated carbocycles. The summed E-state index contributed by atoms with van der Waals surface area (Å²) in [4.78, 5) is 9.16. The van der Waals surface area contributed by atoms with Crippen molar-refractivity contribution >= 4 is 33.8 Å². The van der Waals surface area contributed by atoms with Crippen molar-refractivity contribution in [2.45, 2.75) is 12.8 Å². The van der Waals surface area contributed by atoms with Gasteiger partial charge in [-0.1, -0.05) is 29.4 Å². The molecule has 1 aliphatic carbocycles. The Hall–Kier alpha value is -4.13. The van der Waals surface area contributed by atoms with Gasteiger partial charge in [-0.05, 0) is 36.6 Å². The molecule has 152 valence electrons. The summed E-state index contributed by atoms with van der Waals surface area (Å²) < 4.78 is 4.15. The van der Waals surface area contributed by atoms with Gasteiger partial charge in [-0.25, -0.2) is 4.98 Å². The maximum atomic E-state index is 9.21. The predicted octanol–water partition coefficient (Wildman–Crippen LogP) is 4.76. The lowest BCUT2D eigenvalue weighted by atomic mass is 10.1. The zero-order chi connectivity index (χ0) is 20.9. The van der Waals surface area contributed by atoms with E-state index < -0.39 is 0 Å². The van der Waals surface area contributed by atoms with E-state index in [1.54, 1.807) is 12.4 Å². The number of anilines is 2. The molecule has 2 aromatic carbocycles. The first kappa shape index (κ1) is 17.7. The minimum atomic E-state index is 0.749. The maximum absolute atomic E-state index is 9.21. The van der Waals surface area contributed by atoms with Crippen LogP contribution in [0.3, 0.4) is 0 Å². The van der Waals surface area contributed by atoms with E-state index in [-0.39, 0.29) is 0 Å². The second-order valence-electron chi connectivity index (χ2n) is 7.83. The van der Waals surface area contributed by atoms with Gasteiger partial charge < -0.3 is 15.1 Å². The van der Waals surface area contributed by atoms with Gasteiger partial charge in [0.05, 0.1) is 11.9 Å². The molecule has 7 nitrogen and oxygen atoms in total. The second-order valence-corrected chi connectivity index (χ2v) is 7.83. The largest absolute Gasteiger partial charge is 0.411 e. The third-order valence-electron chi connectivity index (χ3n) is 6.01. The summed E-state index contributed by atoms with van der Waals surface area (Å²) in [7, 11) is 2.05. The van der Waals surface area contributed by atoms with E-state index in [0.29, 0.717) is 0 Å². The molecule has 1 aliphatic rings. The first-order valence-corrected chi connectivity index (χ1v) is 10.2. The zero-order valence-electron chi connectivity index (χ0n) is 16.9. The Balaban J connectivity index is 1.52. The fourth-order valence-electron chi connectivity index (χ4n) is 4.53. The third-order valence-corrected chi connectivity index (χ3v) is 6.01. The normalized spacial score (nSPS) is 14.5. The van der Waals surface area contributed by atoms with Gasteiger partial charge in [0.25, 0.3) is 0 Å². The van der Waals surface area contributed by atoms with Crippen LogP contribution >= 0.6 is 0 Å². The average molecular weight is 408 g/mol. The maximum Gasteiger partial charge on any atom is 0.157 e. The van der Waals surface area contributed by atoms with E-state index in [2.05, 4.69) is 57.5 Å². The Morgan fingerprint density at radius 2 is 2.00 bits per heavy atom. The van der Waals surface area contributed by atoms with Crippen molar-refractivity contribution in [2.75, 3.05) is 5.32 Å². The number of nitrogens with zero attached hydrogens (tertiary/aromatic N) is 5. The number of para-hydroxylation sites is 1. The van der Waals surface area contributed by atoms with Crippen molar-refractivity contribution in [3.63, 3.8) is 0 Å². The van der Waals surface area contributed by atoms with Crippen molar-refractivity contribution in [3.05, 3.63) is 78.4 Å². The number of benzene rings is 2. The molecule has 0 amide bonds. The fourth-order valence-corrected chi connectivity index (χ4v) is 4.53. The van der Waals surface area contributed by atoms with Gasteiger partial charge in [-0.2, -0.15) is 0 Å². The SMILES string of the molecule is Cn1cc(-c2nc3cnccn3c2Nc2ccc3c(c2)CCC3=NO)c2ccccc21. The van der Waals surface area contributed by atoms with Gasteiger partial charge >= 0.3 is 0 Å². The van der Waals surface area contributed by atoms with Gasteiger partial charge in [-0.3, -0.25) is 9.38 Å². The van der Waals surface area contributed by atoms with E-state index in [9.17, 15) is 5.21 Å². The first-order valence-electron chi connectivity index (χ1n) is 10.2. The molecule has 31 heavy (non-hydrogen) atoms. The van der Waals surface area contributed by atoms with Gasteiger partial charge in [0.15, 0.2) is 5.65 Å². The summed E-state index contributed by atoms with van der Waals surface area (Å²) in [6.07, 6.45) is 9.21. The summed E-state index contributed by atoms with van der Waals surface area (Å²) in [5, 5.41) is 17.4. The Labute approximate surface area is 178 Å². The Bertz CT molecular complexity index is 1490. The predicted molar refractivity (Wildman–Crippen MR) is 121 cm³/mol. The minimum Gasteiger partial charge on any atom is -0.411 e. The fraction of sp³-hybridized carbons (Fsp3) is 0.125. The number of aryl methyl sites for hydroxylation is 2. The van der Waals surface area contributed by atoms with Crippen molar-refractivity contribution in [2.24, 2.45) is 12.2 Å². The summed E-state index contributed by atoms with van der Waals surface area (Å²) in [6, 6.07) is 14.5. The molecule has 6 rings (SSSR count). The van der Waals surface area contributed by atoms with Crippen LogP contribution in [0.5, 0.6) is 0 Å². The Kier molecular flexibility index (Phi) is 3.83. The molecule has 0 unspecified atom stereocenters. The highest BCUT2D eigenvalue weighted by Crippen LogP contribution is 2.37. The Morgan fingerprint density at radius 1 is 1.10 bits per heavy atom. The molecule has 0 bridgehead atoms. The van der Waals surface area contributed by atoms with Crippen molar-refractivity contribution in [1.29, 1.82) is 0 Å². The number of aromatic nitrogens is 4. The standard InChI is InChI=1S/C24H20N6O/c1-29-14-19(18-4-2-3-5-21(18)29)23-24(30-11-10-25-13-22(30)27-23)26-16-7-8-17-15(12-16)6-9-20(17)28-31/h2-5,7-8,10-14,26,31H,6,9H2,1H3. The van der Waals surface area contributed by atoms with E-state index in [1.807, 2.05) is 28.8 Å².